The second-order valence-corrected chi connectivity index (χ2v) is 26.8. The van der Waals surface area contributed by atoms with Crippen LogP contribution in [-0.4, -0.2) is 140 Å². The molecule has 5 aromatic rings. The molecule has 4 atom stereocenters. The number of hydrogen-bond acceptors (Lipinski definition) is 15. The maximum atomic E-state index is 11.1. The predicted molar refractivity (Wildman–Crippen MR) is 374 cm³/mol. The van der Waals surface area contributed by atoms with E-state index < -0.39 is 28.3 Å². The number of ether oxygens (including phenoxy) is 4. The van der Waals surface area contributed by atoms with E-state index in [0.717, 1.165) is 193 Å². The summed E-state index contributed by atoms with van der Waals surface area (Å²) in [5.41, 5.74) is 8.61. The van der Waals surface area contributed by atoms with Gasteiger partial charge in [0.25, 0.3) is 0 Å². The minimum absolute atomic E-state index is 0. The van der Waals surface area contributed by atoms with Crippen LogP contribution in [0.15, 0.2) is 121 Å². The molecule has 1 radical (unpaired) electrons. The van der Waals surface area contributed by atoms with E-state index in [9.17, 15) is 35.6 Å². The maximum absolute atomic E-state index is 11.1. The summed E-state index contributed by atoms with van der Waals surface area (Å²) in [6.45, 7) is 2.20. The number of likely N-dealkylation sites (N-methyl/N-ethyl adjacent to an activating group) is 2. The van der Waals surface area contributed by atoms with Gasteiger partial charge < -0.3 is 60.0 Å². The standard InChI is InChI=1S/C17H27NO2.C16H25NO2.C15H23NO2.C15H19NO2.C9H9NO.C6H10O.V.H2/c1-18(2)13-16(17(19)11-5-4-6-12-17)14-7-9-15(20-3)10-8-14;1-17(2)12-15(13-6-8-14(18)9-7-13)16(19)10-4-3-5-11-16;2*1-18-13-7-5-12(6-8-13)14(11-16)15(17)9-3-2-4-10-15;1-11-9-4-2-8(3-5-9)6-7-10;7-6-4-2-1-3-5-6;;/h7-10,16,19H,4-6,11-13H2,1-3H3;6-9,15,18-19H,3-5,10-12H2,1-2H3;5-8,14,17H,2-4,9-11,16H2,1H3;5-8,14,17H,2-4,9-10H2,1H3;2-5H,6H2,1H3;1-5H2;;1H/i;;;;;;;1+1D. The van der Waals surface area contributed by atoms with Crippen molar-refractivity contribution in [3.8, 4) is 40.9 Å². The van der Waals surface area contributed by atoms with E-state index in [4.69, 9.17) is 32.9 Å². The van der Waals surface area contributed by atoms with E-state index in [0.29, 0.717) is 18.7 Å². The van der Waals surface area contributed by atoms with Gasteiger partial charge in [0.15, 0.2) is 0 Å². The number of methoxy groups -OCH3 is 4. The molecule has 517 valence electrons. The number of aliphatic hydroxyl groups is 4. The number of nitrogens with two attached hydrogens (primary N) is 1. The summed E-state index contributed by atoms with van der Waals surface area (Å²) in [6, 6.07) is 42.7. The average molecular weight is 1340 g/mol. The molecule has 0 amide bonds. The number of nitriles is 2. The number of rotatable bonds is 18. The summed E-state index contributed by atoms with van der Waals surface area (Å²) in [5, 5.41) is 70.7. The minimum atomic E-state index is -0.860. The molecule has 5 aliphatic carbocycles. The van der Waals surface area contributed by atoms with Crippen molar-refractivity contribution in [1.29, 1.82) is 10.5 Å². The number of Topliss-reactive ketones (excluding diaryl/α,β-unsaturated/α-hetero) is 1. The first-order valence-electron chi connectivity index (χ1n) is 35.2. The molecule has 0 aliphatic heterocycles. The molecule has 16 heteroatoms. The van der Waals surface area contributed by atoms with E-state index in [-0.39, 0.29) is 42.1 Å². The fourth-order valence-corrected chi connectivity index (χ4v) is 14.0. The van der Waals surface area contributed by atoms with Gasteiger partial charge in [0.1, 0.15) is 34.5 Å². The van der Waals surface area contributed by atoms with Crippen molar-refractivity contribution in [2.45, 2.75) is 213 Å². The van der Waals surface area contributed by atoms with Gasteiger partial charge in [-0.3, -0.25) is 4.79 Å². The molecule has 7 N–H and O–H groups in total. The zero-order valence-corrected chi connectivity index (χ0v) is 59.3. The number of carbonyl (C=O) groups is 1. The second-order valence-electron chi connectivity index (χ2n) is 26.8. The number of benzene rings is 5. The van der Waals surface area contributed by atoms with Gasteiger partial charge in [-0.1, -0.05) is 144 Å². The van der Waals surface area contributed by atoms with Crippen molar-refractivity contribution in [3.05, 3.63) is 149 Å². The van der Waals surface area contributed by atoms with Gasteiger partial charge in [0.05, 0.1) is 75.3 Å². The van der Waals surface area contributed by atoms with Crippen molar-refractivity contribution >= 4 is 5.78 Å². The Labute approximate surface area is 579 Å². The van der Waals surface area contributed by atoms with Gasteiger partial charge >= 0.3 is 0 Å². The average Bonchev–Trinajstić information content (AvgIpc) is 0.848. The Morgan fingerprint density at radius 1 is 0.457 bits per heavy atom. The summed E-state index contributed by atoms with van der Waals surface area (Å²) in [6.07, 6.45) is 26.0. The van der Waals surface area contributed by atoms with Crippen LogP contribution in [0.2, 0.25) is 0 Å². The van der Waals surface area contributed by atoms with Crippen molar-refractivity contribution in [2.24, 2.45) is 5.73 Å². The first-order valence-corrected chi connectivity index (χ1v) is 34.2. The number of aromatic hydroxyl groups is 1. The van der Waals surface area contributed by atoms with E-state index in [2.05, 4.69) is 48.2 Å². The van der Waals surface area contributed by atoms with Crippen LogP contribution in [-0.2, 0) is 29.8 Å². The topological polar surface area (TPSA) is 235 Å². The van der Waals surface area contributed by atoms with Crippen LogP contribution in [0.3, 0.4) is 0 Å². The third-order valence-electron chi connectivity index (χ3n) is 19.5. The second kappa shape index (κ2) is 41.9. The van der Waals surface area contributed by atoms with Crippen molar-refractivity contribution < 1.29 is 70.8 Å². The van der Waals surface area contributed by atoms with Crippen LogP contribution in [0.25, 0.3) is 0 Å². The number of ketones is 1. The Hall–Kier alpha value is -5.95. The van der Waals surface area contributed by atoms with Crippen LogP contribution in [0.5, 0.6) is 28.7 Å². The van der Waals surface area contributed by atoms with Crippen molar-refractivity contribution in [2.75, 3.05) is 76.3 Å². The number of carbonyl (C=O) groups excluding carboxylic acids is 1. The molecule has 15 nitrogen and oxygen atoms in total. The van der Waals surface area contributed by atoms with Crippen LogP contribution >= 0.6 is 0 Å². The van der Waals surface area contributed by atoms with Crippen LogP contribution in [0.1, 0.15) is 215 Å². The molecular formula is C78H115N5O10V. The Bertz CT molecular complexity index is 2950. The third-order valence-corrected chi connectivity index (χ3v) is 19.5. The third kappa shape index (κ3) is 25.9. The van der Waals surface area contributed by atoms with Gasteiger partial charge in [-0.05, 0) is 181 Å². The first kappa shape index (κ1) is 78.7. The monoisotopic (exact) mass is 1330 g/mol. The van der Waals surface area contributed by atoms with Gasteiger partial charge in [0.2, 0.25) is 0 Å². The first-order chi connectivity index (χ1) is 45.7. The Morgan fingerprint density at radius 3 is 1.03 bits per heavy atom. The molecule has 94 heavy (non-hydrogen) atoms. The van der Waals surface area contributed by atoms with Crippen LogP contribution in [0.4, 0.5) is 0 Å². The molecule has 0 heterocycles. The minimum Gasteiger partial charge on any atom is -0.508 e. The molecule has 0 saturated heterocycles. The summed E-state index contributed by atoms with van der Waals surface area (Å²) in [5.74, 6) is 3.92. The van der Waals surface area contributed by atoms with Crippen molar-refractivity contribution in [3.63, 3.8) is 0 Å². The predicted octanol–water partition coefficient (Wildman–Crippen LogP) is 14.7. The molecule has 0 bridgehead atoms. The quantitative estimate of drug-likeness (QED) is 0.0479. The Kier molecular flexibility index (Phi) is 35.1. The smallest absolute Gasteiger partial charge is 0.132 e. The molecule has 10 rings (SSSR count). The van der Waals surface area contributed by atoms with Crippen LogP contribution in [0, 0.1) is 22.7 Å². The summed E-state index contributed by atoms with van der Waals surface area (Å²) in [7, 11) is 14.8. The molecule has 5 fully saturated rings. The summed E-state index contributed by atoms with van der Waals surface area (Å²) >= 11 is 0. The van der Waals surface area contributed by atoms with Gasteiger partial charge in [-0.15, -0.1) is 0 Å². The van der Waals surface area contributed by atoms with Gasteiger partial charge in [0, 0.05) is 71.8 Å². The number of nitrogens with zero attached hydrogens (tertiary/aromatic N) is 4. The fraction of sp³-hybridized carbons (Fsp3) is 0.577. The van der Waals surface area contributed by atoms with Crippen LogP contribution < -0.4 is 24.7 Å². The summed E-state index contributed by atoms with van der Waals surface area (Å²) in [4.78, 5) is 14.8. The number of phenols is 1. The fourth-order valence-electron chi connectivity index (χ4n) is 14.0. The number of hydrogen-bond donors (Lipinski definition) is 6. The Balaban J connectivity index is 0.000000304. The van der Waals surface area contributed by atoms with E-state index in [1.54, 1.807) is 40.6 Å². The van der Waals surface area contributed by atoms with Gasteiger partial charge in [-0.25, -0.2) is 0 Å². The Morgan fingerprint density at radius 2 is 0.745 bits per heavy atom. The molecule has 0 aromatic heterocycles. The molecule has 5 aromatic carbocycles. The van der Waals surface area contributed by atoms with E-state index in [1.807, 2.05) is 111 Å². The largest absolute Gasteiger partial charge is 0.508 e. The molecule has 5 aliphatic rings. The maximum Gasteiger partial charge on any atom is 0.132 e. The van der Waals surface area contributed by atoms with E-state index >= 15 is 0 Å². The zero-order valence-electron chi connectivity index (χ0n) is 60.0. The summed E-state index contributed by atoms with van der Waals surface area (Å²) < 4.78 is 30.5. The number of phenolic OH excluding ortho intramolecular Hbond substituents is 1. The molecular weight excluding hydrogens is 1220 g/mol. The van der Waals surface area contributed by atoms with Gasteiger partial charge in [-0.2, -0.15) is 10.5 Å². The SMILES string of the molecule is CN(C)CC(c1ccc(O)cc1)C1(O)CCCCC1.COc1ccc(C(C#N)C2(O)CCCCC2)cc1.COc1ccc(C(CN(C)C)C2(O)CCCCC2)cc1.COc1ccc(C(CN)C2(O)CCCCC2)cc1.COc1ccc(CC#N)cc1.O=C1CCCCC1.[2H][2H].[V]. The molecule has 0 spiro atoms. The van der Waals surface area contributed by atoms with E-state index in [1.165, 1.54) is 31.2 Å². The van der Waals surface area contributed by atoms with Crippen molar-refractivity contribution in [1.82, 2.24) is 9.80 Å². The zero-order chi connectivity index (χ0) is 69.7. The molecule has 4 unspecified atom stereocenters. The molecule has 5 saturated carbocycles. The normalized spacial score (nSPS) is 18.8.